The molecule has 0 radical (unpaired) electrons. The lowest BCUT2D eigenvalue weighted by molar-refractivity contribution is -0.140. The number of ether oxygens (including phenoxy) is 1. The molecule has 0 aliphatic carbocycles. The van der Waals surface area contributed by atoms with Crippen LogP contribution in [0.5, 0.6) is 0 Å². The summed E-state index contributed by atoms with van der Waals surface area (Å²) in [6.45, 7) is 0.0964. The number of esters is 1. The van der Waals surface area contributed by atoms with E-state index in [1.165, 1.54) is 23.3 Å². The highest BCUT2D eigenvalue weighted by Crippen LogP contribution is 2.15. The van der Waals surface area contributed by atoms with Crippen molar-refractivity contribution in [2.75, 3.05) is 27.3 Å². The molecule has 1 N–H and O–H groups in total. The van der Waals surface area contributed by atoms with E-state index < -0.39 is 0 Å². The highest BCUT2D eigenvalue weighted by Gasteiger charge is 2.14. The summed E-state index contributed by atoms with van der Waals surface area (Å²) in [5, 5.41) is 10.3. The first-order chi connectivity index (χ1) is 9.08. The monoisotopic (exact) mass is 281 g/mol. The molecule has 1 rings (SSSR count). The molecule has 0 bridgehead atoms. The van der Waals surface area contributed by atoms with E-state index in [0.717, 1.165) is 4.88 Å². The number of hydrogen-bond acceptors (Lipinski definition) is 5. The quantitative estimate of drug-likeness (QED) is 0.652. The molecule has 102 valence electrons. The van der Waals surface area contributed by atoms with E-state index in [1.807, 2.05) is 0 Å². The predicted molar refractivity (Wildman–Crippen MR) is 71.9 cm³/mol. The van der Waals surface area contributed by atoms with E-state index in [4.69, 9.17) is 5.11 Å². The third-order valence-electron chi connectivity index (χ3n) is 2.36. The Morgan fingerprint density at radius 3 is 2.89 bits per heavy atom. The standard InChI is InChI=1S/C13H15NO4S/c1-14(6-5-12(16)18-2)13(17)10-8-11(19-9-10)4-3-7-15/h8-9,15H,5-7H2,1-2H3. The van der Waals surface area contributed by atoms with E-state index in [1.54, 1.807) is 18.5 Å². The molecule has 1 aromatic heterocycles. The number of carbonyl (C=O) groups excluding carboxylic acids is 2. The molecule has 0 fully saturated rings. The Morgan fingerprint density at radius 2 is 2.26 bits per heavy atom. The van der Waals surface area contributed by atoms with Gasteiger partial charge in [0.2, 0.25) is 0 Å². The first-order valence-corrected chi connectivity index (χ1v) is 6.47. The van der Waals surface area contributed by atoms with E-state index in [2.05, 4.69) is 16.6 Å². The number of hydrogen-bond donors (Lipinski definition) is 1. The first kappa shape index (κ1) is 15.2. The molecule has 1 amide bonds. The fourth-order valence-corrected chi connectivity index (χ4v) is 2.07. The van der Waals surface area contributed by atoms with Crippen LogP contribution in [0.1, 0.15) is 21.7 Å². The number of rotatable bonds is 4. The first-order valence-electron chi connectivity index (χ1n) is 5.59. The van der Waals surface area contributed by atoms with Crippen molar-refractivity contribution in [2.24, 2.45) is 0 Å². The smallest absolute Gasteiger partial charge is 0.307 e. The highest BCUT2D eigenvalue weighted by molar-refractivity contribution is 7.10. The Morgan fingerprint density at radius 1 is 1.53 bits per heavy atom. The molecule has 0 aliphatic heterocycles. The van der Waals surface area contributed by atoms with Crippen LogP contribution in [0, 0.1) is 11.8 Å². The van der Waals surface area contributed by atoms with Crippen molar-refractivity contribution in [3.63, 3.8) is 0 Å². The number of methoxy groups -OCH3 is 1. The molecule has 0 saturated heterocycles. The molecule has 0 aromatic carbocycles. The Kier molecular flexibility index (Phi) is 6.06. The van der Waals surface area contributed by atoms with Gasteiger partial charge in [-0.2, -0.15) is 0 Å². The zero-order chi connectivity index (χ0) is 14.3. The maximum Gasteiger partial charge on any atom is 0.307 e. The summed E-state index contributed by atoms with van der Waals surface area (Å²) < 4.78 is 4.52. The molecular weight excluding hydrogens is 266 g/mol. The van der Waals surface area contributed by atoms with Gasteiger partial charge in [0.1, 0.15) is 6.61 Å². The molecular formula is C13H15NO4S. The van der Waals surface area contributed by atoms with Gasteiger partial charge in [0, 0.05) is 19.0 Å². The molecule has 5 nitrogen and oxygen atoms in total. The number of thiophene rings is 1. The molecule has 0 spiro atoms. The summed E-state index contributed by atoms with van der Waals surface area (Å²) in [6, 6.07) is 1.67. The molecule has 1 aromatic rings. The van der Waals surface area contributed by atoms with Crippen LogP contribution >= 0.6 is 11.3 Å². The summed E-state index contributed by atoms with van der Waals surface area (Å²) in [4.78, 5) is 25.2. The molecule has 1 heterocycles. The van der Waals surface area contributed by atoms with E-state index >= 15 is 0 Å². The maximum absolute atomic E-state index is 12.0. The summed E-state index contributed by atoms with van der Waals surface area (Å²) in [5.74, 6) is 4.75. The fourth-order valence-electron chi connectivity index (χ4n) is 1.32. The van der Waals surface area contributed by atoms with Crippen LogP contribution in [0.4, 0.5) is 0 Å². The van der Waals surface area contributed by atoms with Gasteiger partial charge >= 0.3 is 5.97 Å². The maximum atomic E-state index is 12.0. The lowest BCUT2D eigenvalue weighted by Gasteiger charge is -2.15. The number of amides is 1. The minimum atomic E-state index is -0.348. The lowest BCUT2D eigenvalue weighted by Crippen LogP contribution is -2.28. The minimum Gasteiger partial charge on any atom is -0.469 e. The second-order valence-electron chi connectivity index (χ2n) is 3.71. The SMILES string of the molecule is COC(=O)CCN(C)C(=O)c1csc(C#CCO)c1. The van der Waals surface area contributed by atoms with E-state index in [-0.39, 0.29) is 24.9 Å². The lowest BCUT2D eigenvalue weighted by atomic mass is 10.2. The summed E-state index contributed by atoms with van der Waals surface area (Å²) in [5.41, 5.74) is 0.527. The third kappa shape index (κ3) is 4.73. The Hall–Kier alpha value is -1.84. The van der Waals surface area contributed by atoms with Crippen LogP contribution in [0.15, 0.2) is 11.4 Å². The topological polar surface area (TPSA) is 66.8 Å². The van der Waals surface area contributed by atoms with Gasteiger partial charge in [0.05, 0.1) is 24.0 Å². The normalized spacial score (nSPS) is 9.42. The van der Waals surface area contributed by atoms with Crippen molar-refractivity contribution < 1.29 is 19.4 Å². The largest absolute Gasteiger partial charge is 0.469 e. The van der Waals surface area contributed by atoms with Crippen LogP contribution in [0.2, 0.25) is 0 Å². The van der Waals surface area contributed by atoms with Gasteiger partial charge in [-0.1, -0.05) is 11.8 Å². The molecule has 0 atom stereocenters. The van der Waals surface area contributed by atoms with E-state index in [0.29, 0.717) is 12.1 Å². The zero-order valence-corrected chi connectivity index (χ0v) is 11.6. The molecule has 19 heavy (non-hydrogen) atoms. The van der Waals surface area contributed by atoms with Crippen LogP contribution in [-0.2, 0) is 9.53 Å². The molecule has 6 heteroatoms. The minimum absolute atomic E-state index is 0.167. The van der Waals surface area contributed by atoms with Crippen LogP contribution < -0.4 is 0 Å². The summed E-state index contributed by atoms with van der Waals surface area (Å²) in [7, 11) is 2.94. The van der Waals surface area contributed by atoms with Crippen LogP contribution in [0.3, 0.4) is 0 Å². The fraction of sp³-hybridized carbons (Fsp3) is 0.385. The average molecular weight is 281 g/mol. The van der Waals surface area contributed by atoms with Gasteiger partial charge in [-0.15, -0.1) is 11.3 Å². The molecule has 0 unspecified atom stereocenters. The van der Waals surface area contributed by atoms with Gasteiger partial charge in [0.25, 0.3) is 5.91 Å². The zero-order valence-electron chi connectivity index (χ0n) is 10.8. The average Bonchev–Trinajstić information content (AvgIpc) is 2.89. The Labute approximate surface area is 115 Å². The molecule has 0 aliphatic rings. The van der Waals surface area contributed by atoms with Crippen molar-refractivity contribution in [1.82, 2.24) is 4.90 Å². The van der Waals surface area contributed by atoms with Crippen molar-refractivity contribution in [3.05, 3.63) is 21.9 Å². The number of aliphatic hydroxyl groups excluding tert-OH is 1. The summed E-state index contributed by atoms with van der Waals surface area (Å²) in [6.07, 6.45) is 0.167. The van der Waals surface area contributed by atoms with Crippen LogP contribution in [-0.4, -0.2) is 49.2 Å². The number of carbonyl (C=O) groups is 2. The van der Waals surface area contributed by atoms with Crippen molar-refractivity contribution in [2.45, 2.75) is 6.42 Å². The van der Waals surface area contributed by atoms with Gasteiger partial charge in [-0.3, -0.25) is 9.59 Å². The predicted octanol–water partition coefficient (Wildman–Crippen LogP) is 0.727. The van der Waals surface area contributed by atoms with Crippen LogP contribution in [0.25, 0.3) is 0 Å². The highest BCUT2D eigenvalue weighted by atomic mass is 32.1. The van der Waals surface area contributed by atoms with Gasteiger partial charge in [0.15, 0.2) is 0 Å². The summed E-state index contributed by atoms with van der Waals surface area (Å²) >= 11 is 1.34. The molecule has 0 saturated carbocycles. The number of aliphatic hydroxyl groups is 1. The number of nitrogens with zero attached hydrogens (tertiary/aromatic N) is 1. The van der Waals surface area contributed by atoms with Crippen molar-refractivity contribution in [1.29, 1.82) is 0 Å². The van der Waals surface area contributed by atoms with Gasteiger partial charge in [-0.25, -0.2) is 0 Å². The Bertz CT molecular complexity index is 512. The second kappa shape index (κ2) is 7.56. The Balaban J connectivity index is 2.61. The van der Waals surface area contributed by atoms with Gasteiger partial charge < -0.3 is 14.7 Å². The second-order valence-corrected chi connectivity index (χ2v) is 4.62. The van der Waals surface area contributed by atoms with Crippen molar-refractivity contribution in [3.8, 4) is 11.8 Å². The van der Waals surface area contributed by atoms with E-state index in [9.17, 15) is 9.59 Å². The van der Waals surface area contributed by atoms with Crippen molar-refractivity contribution >= 4 is 23.2 Å². The third-order valence-corrected chi connectivity index (χ3v) is 3.21. The van der Waals surface area contributed by atoms with Gasteiger partial charge in [-0.05, 0) is 6.07 Å².